The van der Waals surface area contributed by atoms with Gasteiger partial charge in [-0.2, -0.15) is 0 Å². The summed E-state index contributed by atoms with van der Waals surface area (Å²) in [6, 6.07) is 5.87. The number of hydrogen-bond donors (Lipinski definition) is 2. The molecule has 8 heteroatoms. The lowest BCUT2D eigenvalue weighted by atomic mass is 10.1. The van der Waals surface area contributed by atoms with E-state index in [1.807, 2.05) is 6.07 Å². The van der Waals surface area contributed by atoms with Crippen LogP contribution in [0, 0.1) is 5.82 Å². The molecular formula is C19H24FN3O4. The first kappa shape index (κ1) is 19.2. The minimum absolute atomic E-state index is 0.0186. The van der Waals surface area contributed by atoms with Gasteiger partial charge >= 0.3 is 6.03 Å². The number of urea groups is 1. The summed E-state index contributed by atoms with van der Waals surface area (Å²) in [5.41, 5.74) is 1.16. The van der Waals surface area contributed by atoms with E-state index in [1.54, 1.807) is 23.5 Å². The SMILES string of the molecule is COc1ccc(NC(=O)N2CCN(Cc3ccoc3)[C@@H](CCO)C2)c(F)c1. The fourth-order valence-corrected chi connectivity index (χ4v) is 3.24. The van der Waals surface area contributed by atoms with Crippen LogP contribution in [0.25, 0.3) is 0 Å². The van der Waals surface area contributed by atoms with Crippen LogP contribution in [0.5, 0.6) is 5.75 Å². The zero-order chi connectivity index (χ0) is 19.2. The van der Waals surface area contributed by atoms with E-state index in [1.165, 1.54) is 19.2 Å². The molecule has 0 bridgehead atoms. The Morgan fingerprint density at radius 2 is 2.26 bits per heavy atom. The highest BCUT2D eigenvalue weighted by molar-refractivity contribution is 5.89. The molecule has 1 aromatic heterocycles. The molecule has 0 unspecified atom stereocenters. The van der Waals surface area contributed by atoms with Crippen LogP contribution in [-0.4, -0.2) is 60.3 Å². The van der Waals surface area contributed by atoms with Crippen molar-refractivity contribution in [3.8, 4) is 5.75 Å². The van der Waals surface area contributed by atoms with Crippen LogP contribution < -0.4 is 10.1 Å². The number of hydrogen-bond acceptors (Lipinski definition) is 5. The molecular weight excluding hydrogens is 353 g/mol. The Balaban J connectivity index is 1.62. The molecule has 1 aromatic carbocycles. The summed E-state index contributed by atoms with van der Waals surface area (Å²) in [5.74, 6) is -0.158. The van der Waals surface area contributed by atoms with E-state index in [0.717, 1.165) is 5.56 Å². The van der Waals surface area contributed by atoms with Crippen molar-refractivity contribution >= 4 is 11.7 Å². The van der Waals surface area contributed by atoms with E-state index in [4.69, 9.17) is 9.15 Å². The van der Waals surface area contributed by atoms with Crippen molar-refractivity contribution in [3.05, 3.63) is 48.2 Å². The third-order valence-corrected chi connectivity index (χ3v) is 4.74. The van der Waals surface area contributed by atoms with Gasteiger partial charge in [0.05, 0.1) is 25.3 Å². The zero-order valence-corrected chi connectivity index (χ0v) is 15.2. The lowest BCUT2D eigenvalue weighted by molar-refractivity contribution is 0.0717. The van der Waals surface area contributed by atoms with Gasteiger partial charge in [0.2, 0.25) is 0 Å². The number of carbonyl (C=O) groups excluding carboxylic acids is 1. The number of rotatable bonds is 6. The number of aliphatic hydroxyl groups is 1. The summed E-state index contributed by atoms with van der Waals surface area (Å²) >= 11 is 0. The maximum atomic E-state index is 14.1. The van der Waals surface area contributed by atoms with Crippen molar-refractivity contribution in [2.24, 2.45) is 0 Å². The van der Waals surface area contributed by atoms with Gasteiger partial charge in [-0.25, -0.2) is 9.18 Å². The summed E-state index contributed by atoms with van der Waals surface area (Å²) in [4.78, 5) is 16.4. The second kappa shape index (κ2) is 8.88. The summed E-state index contributed by atoms with van der Waals surface area (Å²) in [7, 11) is 1.46. The van der Waals surface area contributed by atoms with E-state index >= 15 is 0 Å². The summed E-state index contributed by atoms with van der Waals surface area (Å²) in [6.07, 6.45) is 3.88. The van der Waals surface area contributed by atoms with Gasteiger partial charge in [0.15, 0.2) is 0 Å². The number of aliphatic hydroxyl groups excluding tert-OH is 1. The number of carbonyl (C=O) groups is 1. The number of nitrogens with zero attached hydrogens (tertiary/aromatic N) is 2. The van der Waals surface area contributed by atoms with E-state index in [2.05, 4.69) is 10.2 Å². The topological polar surface area (TPSA) is 78.2 Å². The highest BCUT2D eigenvalue weighted by Gasteiger charge is 2.29. The molecule has 2 N–H and O–H groups in total. The standard InChI is InChI=1S/C19H24FN3O4/c1-26-16-2-3-18(17(20)10-16)21-19(25)23-7-6-22(15(12-23)4-8-24)11-14-5-9-27-13-14/h2-3,5,9-10,13,15,24H,4,6-8,11-12H2,1H3,(H,21,25)/t15-/m0/s1. The maximum absolute atomic E-state index is 14.1. The molecule has 0 aliphatic carbocycles. The smallest absolute Gasteiger partial charge is 0.322 e. The van der Waals surface area contributed by atoms with Crippen LogP contribution >= 0.6 is 0 Å². The Hall–Kier alpha value is -2.58. The first-order valence-corrected chi connectivity index (χ1v) is 8.86. The highest BCUT2D eigenvalue weighted by Crippen LogP contribution is 2.22. The Labute approximate surface area is 157 Å². The third-order valence-electron chi connectivity index (χ3n) is 4.74. The third kappa shape index (κ3) is 4.78. The summed E-state index contributed by atoms with van der Waals surface area (Å²) < 4.78 is 24.2. The molecule has 1 atom stereocenters. The highest BCUT2D eigenvalue weighted by atomic mass is 19.1. The normalized spacial score (nSPS) is 17.7. The van der Waals surface area contributed by atoms with E-state index < -0.39 is 5.82 Å². The van der Waals surface area contributed by atoms with E-state index in [0.29, 0.717) is 38.3 Å². The molecule has 1 fully saturated rings. The van der Waals surface area contributed by atoms with Gasteiger partial charge < -0.3 is 24.5 Å². The molecule has 3 rings (SSSR count). The Bertz CT molecular complexity index is 753. The molecule has 0 saturated carbocycles. The molecule has 0 radical (unpaired) electrons. The van der Waals surface area contributed by atoms with Gasteiger partial charge in [0.25, 0.3) is 0 Å². The molecule has 2 amide bonds. The Morgan fingerprint density at radius 1 is 1.41 bits per heavy atom. The van der Waals surface area contributed by atoms with Crippen LogP contribution in [0.4, 0.5) is 14.9 Å². The van der Waals surface area contributed by atoms with Gasteiger partial charge in [0.1, 0.15) is 11.6 Å². The van der Waals surface area contributed by atoms with Crippen molar-refractivity contribution in [3.63, 3.8) is 0 Å². The quantitative estimate of drug-likeness (QED) is 0.809. The first-order chi connectivity index (χ1) is 13.1. The number of nitrogens with one attached hydrogen (secondary N) is 1. The van der Waals surface area contributed by atoms with Crippen LogP contribution in [0.1, 0.15) is 12.0 Å². The van der Waals surface area contributed by atoms with Crippen LogP contribution in [0.2, 0.25) is 0 Å². The van der Waals surface area contributed by atoms with Crippen molar-refractivity contribution in [1.82, 2.24) is 9.80 Å². The summed E-state index contributed by atoms with van der Waals surface area (Å²) in [6.45, 7) is 2.37. The predicted molar refractivity (Wildman–Crippen MR) is 98.2 cm³/mol. The summed E-state index contributed by atoms with van der Waals surface area (Å²) in [5, 5.41) is 12.0. The van der Waals surface area contributed by atoms with Crippen molar-refractivity contribution in [2.75, 3.05) is 38.7 Å². The number of benzene rings is 1. The van der Waals surface area contributed by atoms with Gasteiger partial charge in [-0.15, -0.1) is 0 Å². The van der Waals surface area contributed by atoms with Crippen LogP contribution in [0.3, 0.4) is 0 Å². The fourth-order valence-electron chi connectivity index (χ4n) is 3.24. The average Bonchev–Trinajstić information content (AvgIpc) is 3.18. The molecule has 0 spiro atoms. The molecule has 7 nitrogen and oxygen atoms in total. The number of methoxy groups -OCH3 is 1. The van der Waals surface area contributed by atoms with Gasteiger partial charge in [-0.05, 0) is 24.6 Å². The largest absolute Gasteiger partial charge is 0.497 e. The van der Waals surface area contributed by atoms with Gasteiger partial charge in [-0.1, -0.05) is 0 Å². The number of ether oxygens (including phenoxy) is 1. The lowest BCUT2D eigenvalue weighted by Gasteiger charge is -2.41. The number of halogens is 1. The molecule has 1 saturated heterocycles. The van der Waals surface area contributed by atoms with Crippen molar-refractivity contribution in [1.29, 1.82) is 0 Å². The van der Waals surface area contributed by atoms with Gasteiger partial charge in [-0.3, -0.25) is 4.90 Å². The zero-order valence-electron chi connectivity index (χ0n) is 15.2. The lowest BCUT2D eigenvalue weighted by Crippen LogP contribution is -2.55. The molecule has 1 aliphatic heterocycles. The second-order valence-electron chi connectivity index (χ2n) is 6.49. The van der Waals surface area contributed by atoms with E-state index in [9.17, 15) is 14.3 Å². The minimum Gasteiger partial charge on any atom is -0.497 e. The first-order valence-electron chi connectivity index (χ1n) is 8.86. The maximum Gasteiger partial charge on any atom is 0.322 e. The number of anilines is 1. The Morgan fingerprint density at radius 3 is 2.93 bits per heavy atom. The van der Waals surface area contributed by atoms with Crippen LogP contribution in [0.15, 0.2) is 41.2 Å². The van der Waals surface area contributed by atoms with Crippen molar-refractivity contribution < 1.29 is 23.4 Å². The monoisotopic (exact) mass is 377 g/mol. The molecule has 2 aromatic rings. The molecule has 27 heavy (non-hydrogen) atoms. The number of amides is 2. The second-order valence-corrected chi connectivity index (χ2v) is 6.49. The fraction of sp³-hybridized carbons (Fsp3) is 0.421. The molecule has 1 aliphatic rings. The Kier molecular flexibility index (Phi) is 6.31. The van der Waals surface area contributed by atoms with E-state index in [-0.39, 0.29) is 24.4 Å². The number of piperazine rings is 1. The molecule has 2 heterocycles. The van der Waals surface area contributed by atoms with Gasteiger partial charge in [0, 0.05) is 50.5 Å². The predicted octanol–water partition coefficient (Wildman–Crippen LogP) is 2.53. The van der Waals surface area contributed by atoms with Crippen molar-refractivity contribution in [2.45, 2.75) is 19.0 Å². The minimum atomic E-state index is -0.548. The van der Waals surface area contributed by atoms with Crippen LogP contribution in [-0.2, 0) is 6.54 Å². The average molecular weight is 377 g/mol. The molecule has 146 valence electrons. The number of furan rings is 1.